The van der Waals surface area contributed by atoms with Crippen molar-refractivity contribution in [1.82, 2.24) is 14.7 Å². The minimum absolute atomic E-state index is 0.0715. The number of aliphatic hydroxyl groups excluding tert-OH is 1. The molecule has 54 heavy (non-hydrogen) atoms. The molecule has 0 unspecified atom stereocenters. The zero-order chi connectivity index (χ0) is 38.8. The van der Waals surface area contributed by atoms with Crippen LogP contribution in [0.25, 0.3) is 16.5 Å². The Labute approximate surface area is 318 Å². The summed E-state index contributed by atoms with van der Waals surface area (Å²) in [5, 5.41) is 15.7. The molecule has 4 aromatic rings. The van der Waals surface area contributed by atoms with Gasteiger partial charge in [-0.05, 0) is 76.5 Å². The number of carbonyl (C=O) groups is 2. The van der Waals surface area contributed by atoms with E-state index in [0.717, 1.165) is 29.4 Å². The Morgan fingerprint density at radius 3 is 2.44 bits per heavy atom. The zero-order valence-electron chi connectivity index (χ0n) is 32.2. The second-order valence-electron chi connectivity index (χ2n) is 15.5. The van der Waals surface area contributed by atoms with E-state index in [1.807, 2.05) is 80.7 Å². The number of carbonyl (C=O) groups excluding carboxylic acids is 2. The molecule has 0 aliphatic carbocycles. The number of aliphatic hydroxyl groups is 1. The molecule has 3 aromatic carbocycles. The van der Waals surface area contributed by atoms with Crippen molar-refractivity contribution in [2.75, 3.05) is 24.6 Å². The molecule has 3 heterocycles. The van der Waals surface area contributed by atoms with Crippen LogP contribution >= 0.6 is 0 Å². The third-order valence-electron chi connectivity index (χ3n) is 10.9. The van der Waals surface area contributed by atoms with Gasteiger partial charge in [-0.15, -0.1) is 0 Å². The Bertz CT molecular complexity index is 2140. The molecule has 284 valence electrons. The quantitative estimate of drug-likeness (QED) is 0.116. The van der Waals surface area contributed by atoms with Gasteiger partial charge in [0.05, 0.1) is 42.1 Å². The number of allylic oxidation sites excluding steroid dienone is 3. The third kappa shape index (κ3) is 7.63. The number of hydrogen-bond acceptors (Lipinski definition) is 7. The highest BCUT2D eigenvalue weighted by Gasteiger charge is 2.66. The molecule has 1 fully saturated rings. The van der Waals surface area contributed by atoms with Crippen LogP contribution in [0.5, 0.6) is 0 Å². The summed E-state index contributed by atoms with van der Waals surface area (Å²) < 4.78 is 8.35. The van der Waals surface area contributed by atoms with Crippen LogP contribution in [0.1, 0.15) is 58.1 Å². The molecule has 0 bridgehead atoms. The summed E-state index contributed by atoms with van der Waals surface area (Å²) in [4.78, 5) is 58.1. The van der Waals surface area contributed by atoms with Gasteiger partial charge in [-0.2, -0.15) is 9.78 Å². The molecule has 2 amide bonds. The maximum atomic E-state index is 15.1. The summed E-state index contributed by atoms with van der Waals surface area (Å²) >= 11 is 0. The number of aromatic nitrogens is 2. The van der Waals surface area contributed by atoms with Crippen LogP contribution in [0, 0.1) is 5.92 Å². The Kier molecular flexibility index (Phi) is 11.5. The van der Waals surface area contributed by atoms with E-state index >= 15 is 4.79 Å². The summed E-state index contributed by atoms with van der Waals surface area (Å²) in [6.07, 6.45) is 6.84. The molecule has 0 radical (unpaired) electrons. The maximum absolute atomic E-state index is 15.1. The monoisotopic (exact) mass is 748 g/mol. The van der Waals surface area contributed by atoms with E-state index in [1.54, 1.807) is 28.1 Å². The Morgan fingerprint density at radius 1 is 1.02 bits per heavy atom. The second-order valence-corrected chi connectivity index (χ2v) is 19.5. The van der Waals surface area contributed by atoms with E-state index in [4.69, 9.17) is 4.74 Å². The van der Waals surface area contributed by atoms with Crippen LogP contribution in [0.3, 0.4) is 0 Å². The Hall–Kier alpha value is -4.68. The van der Waals surface area contributed by atoms with E-state index in [1.165, 1.54) is 10.3 Å². The number of ether oxygens (including phenoxy) is 1. The van der Waals surface area contributed by atoms with Gasteiger partial charge >= 0.3 is 0 Å². The van der Waals surface area contributed by atoms with Crippen LogP contribution in [-0.2, 0) is 26.5 Å². The van der Waals surface area contributed by atoms with Gasteiger partial charge in [0.1, 0.15) is 0 Å². The highest BCUT2D eigenvalue weighted by Crippen LogP contribution is 2.60. The molecule has 2 aliphatic heterocycles. The Morgan fingerprint density at radius 2 is 1.74 bits per heavy atom. The third-order valence-corrected chi connectivity index (χ3v) is 13.4. The van der Waals surface area contributed by atoms with E-state index < -0.39 is 31.5 Å². The maximum Gasteiger partial charge on any atom is 0.279 e. The molecule has 2 N–H and O–H groups in total. The summed E-state index contributed by atoms with van der Waals surface area (Å²) in [5.74, 6) is -1.01. The molecule has 1 aromatic heterocycles. The van der Waals surface area contributed by atoms with Gasteiger partial charge in [0.15, 0.2) is 13.9 Å². The number of rotatable bonds is 13. The average Bonchev–Trinajstić information content (AvgIpc) is 3.56. The first-order valence-corrected chi connectivity index (χ1v) is 21.8. The lowest BCUT2D eigenvalue weighted by Crippen LogP contribution is -2.46. The molecule has 1 spiro atoms. The number of anilines is 1. The van der Waals surface area contributed by atoms with Crippen molar-refractivity contribution in [2.24, 2.45) is 5.92 Å². The smallest absolute Gasteiger partial charge is 0.279 e. The van der Waals surface area contributed by atoms with Gasteiger partial charge in [0.2, 0.25) is 5.91 Å². The minimum Gasteiger partial charge on any atom is -0.432 e. The van der Waals surface area contributed by atoms with Crippen LogP contribution in [-0.4, -0.2) is 70.5 Å². The van der Waals surface area contributed by atoms with Crippen molar-refractivity contribution in [3.05, 3.63) is 124 Å². The van der Waals surface area contributed by atoms with E-state index in [9.17, 15) is 19.5 Å². The Balaban J connectivity index is 1.42. The van der Waals surface area contributed by atoms with E-state index in [2.05, 4.69) is 38.0 Å². The lowest BCUT2D eigenvalue weighted by molar-refractivity contribution is -0.149. The number of hydrogen-bond donors (Lipinski definition) is 2. The molecular weight excluding hydrogens is 697 g/mol. The molecule has 11 heteroatoms. The van der Waals surface area contributed by atoms with Crippen LogP contribution in [0.15, 0.2) is 107 Å². The summed E-state index contributed by atoms with van der Waals surface area (Å²) in [6.45, 7) is 12.4. The fourth-order valence-electron chi connectivity index (χ4n) is 8.31. The molecule has 10 nitrogen and oxygen atoms in total. The number of amides is 2. The fraction of sp³-hybridized carbons (Fsp3) is 0.395. The van der Waals surface area contributed by atoms with Crippen molar-refractivity contribution in [1.29, 1.82) is 0 Å². The molecule has 1 saturated heterocycles. The number of fused-ring (bicyclic) bond motifs is 3. The molecule has 0 saturated carbocycles. The van der Waals surface area contributed by atoms with Crippen molar-refractivity contribution in [3.8, 4) is 5.69 Å². The van der Waals surface area contributed by atoms with Gasteiger partial charge in [0.25, 0.3) is 11.5 Å². The predicted octanol–water partition coefficient (Wildman–Crippen LogP) is 6.63. The molecule has 2 aliphatic rings. The van der Waals surface area contributed by atoms with Crippen LogP contribution in [0.2, 0.25) is 18.6 Å². The average molecular weight is 749 g/mol. The number of benzene rings is 3. The largest absolute Gasteiger partial charge is 0.432 e. The predicted molar refractivity (Wildman–Crippen MR) is 215 cm³/mol. The molecular formula is C43H52N4O6Si. The highest BCUT2D eigenvalue weighted by atomic mass is 28.4. The van der Waals surface area contributed by atoms with Crippen molar-refractivity contribution < 1.29 is 24.2 Å². The first kappa shape index (κ1) is 39.0. The van der Waals surface area contributed by atoms with Crippen LogP contribution < -0.4 is 10.5 Å². The van der Waals surface area contributed by atoms with Gasteiger partial charge in [-0.25, -0.2) is 0 Å². The summed E-state index contributed by atoms with van der Waals surface area (Å²) in [5.41, 5.74) is 2.76. The van der Waals surface area contributed by atoms with E-state index in [0.29, 0.717) is 35.4 Å². The van der Waals surface area contributed by atoms with E-state index in [-0.39, 0.29) is 36.9 Å². The zero-order valence-corrected chi connectivity index (χ0v) is 33.2. The number of nitrogens with zero attached hydrogens (tertiary/aromatic N) is 4. The molecule has 4 atom stereocenters. The standard InChI is InChI=1S/C43H52N4O6Si/c1-29(2)13-12-14-30(3)21-22-46-37-20-19-34(47-41(50)35-18-11-10-17-33(35)27-44-47)25-36(37)43(42(46)51)31(4)40(54(5,6)52)38(53-43)26-39(49)45(23-24-48)28-32-15-8-7-9-16-32/h7-11,13,15-21,25,27,31,38,40,48,52H,12,14,22-24,26,28H2,1-6H3/b30-21+/t31-,38+,40-,43+/m1/s1. The lowest BCUT2D eigenvalue weighted by atomic mass is 9.82. The molecule has 6 rings (SSSR count). The topological polar surface area (TPSA) is 125 Å². The SMILES string of the molecule is CC(C)=CCC/C(C)=C/CN1C(=O)[C@@]2(O[C@@H](CC(=O)N(CCO)Cc3ccccc3)[C@H]([Si](C)(C)O)[C@H]2C)c2cc(-n3ncc4ccccc4c3=O)ccc21. The highest BCUT2D eigenvalue weighted by molar-refractivity contribution is 6.71. The first-order valence-electron chi connectivity index (χ1n) is 18.8. The minimum atomic E-state index is -3.09. The van der Waals surface area contributed by atoms with Gasteiger partial charge in [-0.1, -0.05) is 78.8 Å². The normalized spacial score (nSPS) is 21.2. The van der Waals surface area contributed by atoms with Crippen molar-refractivity contribution in [3.63, 3.8) is 0 Å². The summed E-state index contributed by atoms with van der Waals surface area (Å²) in [6, 6.07) is 22.3. The van der Waals surface area contributed by atoms with Gasteiger partial charge in [0, 0.05) is 42.0 Å². The fourth-order valence-corrected chi connectivity index (χ4v) is 10.9. The summed E-state index contributed by atoms with van der Waals surface area (Å²) in [7, 11) is -3.09. The van der Waals surface area contributed by atoms with Gasteiger partial charge in [-0.3, -0.25) is 14.4 Å². The second kappa shape index (κ2) is 16.0. The lowest BCUT2D eigenvalue weighted by Gasteiger charge is -2.32. The van der Waals surface area contributed by atoms with Crippen molar-refractivity contribution >= 4 is 36.6 Å². The van der Waals surface area contributed by atoms with Crippen molar-refractivity contribution in [2.45, 2.75) is 83.8 Å². The van der Waals surface area contributed by atoms with Crippen LogP contribution in [0.4, 0.5) is 5.69 Å². The first-order chi connectivity index (χ1) is 25.8. The van der Waals surface area contributed by atoms with Gasteiger partial charge < -0.3 is 24.4 Å².